The van der Waals surface area contributed by atoms with Crippen LogP contribution in [0.1, 0.15) is 18.1 Å². The minimum absolute atomic E-state index is 0.0378. The lowest BCUT2D eigenvalue weighted by molar-refractivity contribution is -0.110. The number of hydrogen-bond donors (Lipinski definition) is 1. The Kier molecular flexibility index (Phi) is 4.06. The summed E-state index contributed by atoms with van der Waals surface area (Å²) in [5.74, 6) is 1.36. The average Bonchev–Trinajstić information content (AvgIpc) is 2.90. The summed E-state index contributed by atoms with van der Waals surface area (Å²) in [7, 11) is 3.23. The number of amides is 1. The summed E-state index contributed by atoms with van der Waals surface area (Å²) >= 11 is 0. The molecule has 3 rings (SSSR count). The van der Waals surface area contributed by atoms with Crippen molar-refractivity contribution in [2.24, 2.45) is 0 Å². The van der Waals surface area contributed by atoms with Crippen LogP contribution in [0.5, 0.6) is 11.5 Å². The average molecular weight is 309 g/mol. The SMILES string of the molecule is COc1ccc(C/C(C)=C2\C(=O)Nc3ccccc32)cc1OC. The molecule has 0 bridgehead atoms. The van der Waals surface area contributed by atoms with Gasteiger partial charge in [0.2, 0.25) is 0 Å². The molecule has 1 aliphatic heterocycles. The van der Waals surface area contributed by atoms with Gasteiger partial charge in [-0.15, -0.1) is 0 Å². The van der Waals surface area contributed by atoms with Crippen molar-refractivity contribution in [1.29, 1.82) is 0 Å². The molecule has 0 saturated carbocycles. The van der Waals surface area contributed by atoms with E-state index in [1.807, 2.05) is 49.4 Å². The Bertz CT molecular complexity index is 793. The van der Waals surface area contributed by atoms with Gasteiger partial charge >= 0.3 is 0 Å². The first-order chi connectivity index (χ1) is 11.1. The zero-order chi connectivity index (χ0) is 16.4. The number of fused-ring (bicyclic) bond motifs is 1. The van der Waals surface area contributed by atoms with E-state index in [4.69, 9.17) is 9.47 Å². The number of para-hydroxylation sites is 1. The molecule has 0 unspecified atom stereocenters. The van der Waals surface area contributed by atoms with Crippen molar-refractivity contribution in [1.82, 2.24) is 0 Å². The quantitative estimate of drug-likeness (QED) is 0.877. The van der Waals surface area contributed by atoms with Crippen LogP contribution >= 0.6 is 0 Å². The number of hydrogen-bond acceptors (Lipinski definition) is 3. The highest BCUT2D eigenvalue weighted by molar-refractivity contribution is 6.32. The molecule has 4 nitrogen and oxygen atoms in total. The summed E-state index contributed by atoms with van der Waals surface area (Å²) in [5, 5.41) is 2.91. The van der Waals surface area contributed by atoms with E-state index in [1.165, 1.54) is 0 Å². The Balaban J connectivity index is 1.95. The number of allylic oxidation sites excluding steroid dienone is 1. The van der Waals surface area contributed by atoms with Crippen LogP contribution in [0, 0.1) is 0 Å². The van der Waals surface area contributed by atoms with Crippen LogP contribution in [0.3, 0.4) is 0 Å². The molecule has 0 saturated heterocycles. The number of carbonyl (C=O) groups excluding carboxylic acids is 1. The molecule has 1 aliphatic rings. The topological polar surface area (TPSA) is 47.6 Å². The number of carbonyl (C=O) groups is 1. The second kappa shape index (κ2) is 6.16. The lowest BCUT2D eigenvalue weighted by Gasteiger charge is -2.11. The van der Waals surface area contributed by atoms with E-state index in [1.54, 1.807) is 14.2 Å². The van der Waals surface area contributed by atoms with Crippen molar-refractivity contribution in [2.45, 2.75) is 13.3 Å². The van der Waals surface area contributed by atoms with Gasteiger partial charge in [-0.1, -0.05) is 29.8 Å². The summed E-state index contributed by atoms with van der Waals surface area (Å²) in [6, 6.07) is 13.6. The fourth-order valence-electron chi connectivity index (χ4n) is 2.93. The summed E-state index contributed by atoms with van der Waals surface area (Å²) in [6.45, 7) is 1.99. The van der Waals surface area contributed by atoms with Crippen LogP contribution < -0.4 is 14.8 Å². The Morgan fingerprint density at radius 3 is 2.52 bits per heavy atom. The minimum Gasteiger partial charge on any atom is -0.493 e. The van der Waals surface area contributed by atoms with Crippen LogP contribution in [-0.2, 0) is 11.2 Å². The maximum atomic E-state index is 12.3. The molecule has 23 heavy (non-hydrogen) atoms. The lowest BCUT2D eigenvalue weighted by atomic mass is 9.97. The summed E-state index contributed by atoms with van der Waals surface area (Å²) in [4.78, 5) is 12.3. The molecule has 2 aromatic carbocycles. The first-order valence-corrected chi connectivity index (χ1v) is 7.45. The van der Waals surface area contributed by atoms with E-state index in [-0.39, 0.29) is 5.91 Å². The standard InChI is InChI=1S/C19H19NO3/c1-12(10-13-8-9-16(22-2)17(11-13)23-3)18-14-6-4-5-7-15(14)20-19(18)21/h4-9,11H,10H2,1-3H3,(H,20,21)/b18-12-. The van der Waals surface area contributed by atoms with Crippen molar-refractivity contribution in [3.63, 3.8) is 0 Å². The monoisotopic (exact) mass is 309 g/mol. The van der Waals surface area contributed by atoms with Gasteiger partial charge in [0.05, 0.1) is 14.2 Å². The normalized spacial score (nSPS) is 15.0. The molecule has 1 heterocycles. The predicted octanol–water partition coefficient (Wildman–Crippen LogP) is 3.67. The van der Waals surface area contributed by atoms with Gasteiger partial charge in [-0.25, -0.2) is 0 Å². The third-order valence-corrected chi connectivity index (χ3v) is 4.02. The molecule has 4 heteroatoms. The fourth-order valence-corrected chi connectivity index (χ4v) is 2.93. The summed E-state index contributed by atoms with van der Waals surface area (Å²) in [6.07, 6.45) is 0.678. The molecular weight excluding hydrogens is 290 g/mol. The molecule has 0 radical (unpaired) electrons. The second-order valence-electron chi connectivity index (χ2n) is 5.52. The molecule has 1 amide bonds. The summed E-state index contributed by atoms with van der Waals surface area (Å²) < 4.78 is 10.6. The van der Waals surface area contributed by atoms with Gasteiger partial charge in [-0.05, 0) is 37.1 Å². The van der Waals surface area contributed by atoms with Crippen molar-refractivity contribution in [3.8, 4) is 11.5 Å². The Morgan fingerprint density at radius 2 is 1.78 bits per heavy atom. The predicted molar refractivity (Wildman–Crippen MR) is 90.9 cm³/mol. The van der Waals surface area contributed by atoms with E-state index in [0.717, 1.165) is 28.0 Å². The van der Waals surface area contributed by atoms with Crippen molar-refractivity contribution >= 4 is 17.2 Å². The first kappa shape index (κ1) is 15.2. The molecule has 2 aromatic rings. The first-order valence-electron chi connectivity index (χ1n) is 7.45. The zero-order valence-corrected chi connectivity index (χ0v) is 13.5. The molecule has 0 spiro atoms. The second-order valence-corrected chi connectivity index (χ2v) is 5.52. The van der Waals surface area contributed by atoms with E-state index in [0.29, 0.717) is 17.9 Å². The third kappa shape index (κ3) is 2.80. The Morgan fingerprint density at radius 1 is 1.04 bits per heavy atom. The van der Waals surface area contributed by atoms with Crippen LogP contribution in [-0.4, -0.2) is 20.1 Å². The largest absolute Gasteiger partial charge is 0.493 e. The zero-order valence-electron chi connectivity index (χ0n) is 13.5. The van der Waals surface area contributed by atoms with Crippen LogP contribution in [0.2, 0.25) is 0 Å². The van der Waals surface area contributed by atoms with Gasteiger partial charge in [-0.2, -0.15) is 0 Å². The van der Waals surface area contributed by atoms with Gasteiger partial charge in [-0.3, -0.25) is 4.79 Å². The number of ether oxygens (including phenoxy) is 2. The van der Waals surface area contributed by atoms with E-state index in [2.05, 4.69) is 5.32 Å². The molecule has 0 fully saturated rings. The van der Waals surface area contributed by atoms with Gasteiger partial charge in [0.15, 0.2) is 11.5 Å². The third-order valence-electron chi connectivity index (χ3n) is 4.02. The maximum absolute atomic E-state index is 12.3. The highest BCUT2D eigenvalue weighted by atomic mass is 16.5. The van der Waals surface area contributed by atoms with Gasteiger partial charge in [0.1, 0.15) is 0 Å². The minimum atomic E-state index is -0.0378. The van der Waals surface area contributed by atoms with Crippen LogP contribution in [0.4, 0.5) is 5.69 Å². The van der Waals surface area contributed by atoms with E-state index < -0.39 is 0 Å². The fraction of sp³-hybridized carbons (Fsp3) is 0.211. The molecule has 0 aliphatic carbocycles. The number of anilines is 1. The molecule has 0 aromatic heterocycles. The van der Waals surface area contributed by atoms with Crippen molar-refractivity contribution in [2.75, 3.05) is 19.5 Å². The molecule has 118 valence electrons. The number of rotatable bonds is 4. The van der Waals surface area contributed by atoms with Gasteiger partial charge < -0.3 is 14.8 Å². The van der Waals surface area contributed by atoms with Gasteiger partial charge in [0, 0.05) is 16.8 Å². The van der Waals surface area contributed by atoms with Crippen LogP contribution in [0.15, 0.2) is 48.0 Å². The molecular formula is C19H19NO3. The highest BCUT2D eigenvalue weighted by Gasteiger charge is 2.25. The number of nitrogens with one attached hydrogen (secondary N) is 1. The highest BCUT2D eigenvalue weighted by Crippen LogP contribution is 2.35. The Hall–Kier alpha value is -2.75. The van der Waals surface area contributed by atoms with Crippen LogP contribution in [0.25, 0.3) is 5.57 Å². The van der Waals surface area contributed by atoms with E-state index in [9.17, 15) is 4.79 Å². The van der Waals surface area contributed by atoms with Crippen molar-refractivity contribution in [3.05, 3.63) is 59.2 Å². The number of benzene rings is 2. The van der Waals surface area contributed by atoms with Crippen molar-refractivity contribution < 1.29 is 14.3 Å². The maximum Gasteiger partial charge on any atom is 0.256 e. The molecule has 1 N–H and O–H groups in total. The smallest absolute Gasteiger partial charge is 0.256 e. The lowest BCUT2D eigenvalue weighted by Crippen LogP contribution is -2.06. The van der Waals surface area contributed by atoms with Gasteiger partial charge in [0.25, 0.3) is 5.91 Å². The molecule has 0 atom stereocenters. The number of methoxy groups -OCH3 is 2. The van der Waals surface area contributed by atoms with E-state index >= 15 is 0 Å². The summed E-state index contributed by atoms with van der Waals surface area (Å²) in [5.41, 5.74) is 4.70. The Labute approximate surface area is 135 Å².